The van der Waals surface area contributed by atoms with Gasteiger partial charge in [-0.1, -0.05) is 25.1 Å². The van der Waals surface area contributed by atoms with Gasteiger partial charge < -0.3 is 15.1 Å². The number of carbonyl (C=O) groups excluding carboxylic acids is 1. The topological polar surface area (TPSA) is 54.3 Å². The molecule has 0 aliphatic carbocycles. The molecule has 0 saturated heterocycles. The number of furan rings is 1. The molecule has 0 aliphatic heterocycles. The molecule has 0 fully saturated rings. The van der Waals surface area contributed by atoms with Gasteiger partial charge in [-0.2, -0.15) is 0 Å². The fourth-order valence-electron chi connectivity index (χ4n) is 2.10. The Morgan fingerprint density at radius 2 is 1.95 bits per heavy atom. The number of aryl methyl sites for hydroxylation is 2. The fraction of sp³-hybridized carbons (Fsp3) is 0.312. The van der Waals surface area contributed by atoms with E-state index in [4.69, 9.17) is 4.42 Å². The Morgan fingerprint density at radius 1 is 1.24 bits per heavy atom. The Morgan fingerprint density at radius 3 is 2.57 bits per heavy atom. The van der Waals surface area contributed by atoms with Gasteiger partial charge in [-0.15, -0.1) is 12.4 Å². The molecule has 0 unspecified atom stereocenters. The van der Waals surface area contributed by atoms with Crippen LogP contribution >= 0.6 is 12.4 Å². The van der Waals surface area contributed by atoms with Crippen LogP contribution in [0.2, 0.25) is 0 Å². The minimum Gasteiger partial charge on any atom is -0.466 e. The van der Waals surface area contributed by atoms with E-state index < -0.39 is 0 Å². The summed E-state index contributed by atoms with van der Waals surface area (Å²) in [6.45, 7) is 7.31. The number of carbonyl (C=O) groups is 1. The number of hydrogen-bond acceptors (Lipinski definition) is 3. The van der Waals surface area contributed by atoms with Crippen molar-refractivity contribution in [2.45, 2.75) is 27.3 Å². The first-order valence-corrected chi connectivity index (χ1v) is 6.78. The third kappa shape index (κ3) is 4.34. The predicted octanol–water partition coefficient (Wildman–Crippen LogP) is 3.68. The van der Waals surface area contributed by atoms with Gasteiger partial charge in [-0.25, -0.2) is 0 Å². The second-order valence-electron chi connectivity index (χ2n) is 4.72. The highest BCUT2D eigenvalue weighted by Crippen LogP contribution is 2.19. The van der Waals surface area contributed by atoms with E-state index >= 15 is 0 Å². The van der Waals surface area contributed by atoms with E-state index in [9.17, 15) is 4.79 Å². The average molecular weight is 309 g/mol. The molecule has 1 amide bonds. The quantitative estimate of drug-likeness (QED) is 0.886. The first-order valence-electron chi connectivity index (χ1n) is 6.78. The van der Waals surface area contributed by atoms with E-state index in [0.29, 0.717) is 11.3 Å². The number of anilines is 1. The first kappa shape index (κ1) is 17.3. The van der Waals surface area contributed by atoms with Gasteiger partial charge in [0, 0.05) is 12.2 Å². The van der Waals surface area contributed by atoms with E-state index in [2.05, 4.69) is 17.6 Å². The highest BCUT2D eigenvalue weighted by molar-refractivity contribution is 6.05. The molecule has 21 heavy (non-hydrogen) atoms. The van der Waals surface area contributed by atoms with Crippen molar-refractivity contribution in [2.75, 3.05) is 11.9 Å². The zero-order chi connectivity index (χ0) is 14.5. The Labute approximate surface area is 131 Å². The van der Waals surface area contributed by atoms with Crippen LogP contribution in [0.15, 0.2) is 34.7 Å². The molecule has 0 spiro atoms. The number of amides is 1. The van der Waals surface area contributed by atoms with E-state index in [1.54, 1.807) is 13.0 Å². The molecule has 5 heteroatoms. The third-order valence-electron chi connectivity index (χ3n) is 3.12. The van der Waals surface area contributed by atoms with Crippen molar-refractivity contribution in [2.24, 2.45) is 0 Å². The molecule has 4 nitrogen and oxygen atoms in total. The zero-order valence-corrected chi connectivity index (χ0v) is 13.3. The van der Waals surface area contributed by atoms with E-state index in [1.165, 1.54) is 0 Å². The monoisotopic (exact) mass is 308 g/mol. The Kier molecular flexibility index (Phi) is 6.46. The number of nitrogens with one attached hydrogen (secondary N) is 2. The van der Waals surface area contributed by atoms with Crippen LogP contribution in [-0.2, 0) is 6.54 Å². The standard InChI is InChI=1S/C16H20N2O2.ClH/c1-4-17-10-13-7-5-6-8-15(13)18-16(19)14-9-11(2)20-12(14)3;/h5-9,17H,4,10H2,1-3H3,(H,18,19);1H. The average Bonchev–Trinajstić information content (AvgIpc) is 2.77. The third-order valence-corrected chi connectivity index (χ3v) is 3.12. The van der Waals surface area contributed by atoms with Gasteiger partial charge in [0.2, 0.25) is 0 Å². The van der Waals surface area contributed by atoms with Crippen molar-refractivity contribution in [3.05, 3.63) is 53.0 Å². The predicted molar refractivity (Wildman–Crippen MR) is 87.2 cm³/mol. The van der Waals surface area contributed by atoms with Gasteiger partial charge in [0.25, 0.3) is 5.91 Å². The van der Waals surface area contributed by atoms with Crippen molar-refractivity contribution >= 4 is 24.0 Å². The summed E-state index contributed by atoms with van der Waals surface area (Å²) in [4.78, 5) is 12.3. The van der Waals surface area contributed by atoms with Crippen LogP contribution in [0.3, 0.4) is 0 Å². The van der Waals surface area contributed by atoms with Crippen LogP contribution in [-0.4, -0.2) is 12.5 Å². The summed E-state index contributed by atoms with van der Waals surface area (Å²) < 4.78 is 5.40. The number of halogens is 1. The Hall–Kier alpha value is -1.78. The van der Waals surface area contributed by atoms with Gasteiger partial charge in [-0.05, 0) is 38.1 Å². The van der Waals surface area contributed by atoms with Crippen LogP contribution < -0.4 is 10.6 Å². The Balaban J connectivity index is 0.00000220. The molecule has 1 heterocycles. The second kappa shape index (κ2) is 7.86. The molecule has 0 bridgehead atoms. The molecule has 114 valence electrons. The lowest BCUT2D eigenvalue weighted by molar-refractivity contribution is 0.102. The van der Waals surface area contributed by atoms with Crippen molar-refractivity contribution in [1.82, 2.24) is 5.32 Å². The maximum absolute atomic E-state index is 12.3. The van der Waals surface area contributed by atoms with Crippen molar-refractivity contribution in [3.8, 4) is 0 Å². The smallest absolute Gasteiger partial charge is 0.259 e. The second-order valence-corrected chi connectivity index (χ2v) is 4.72. The van der Waals surface area contributed by atoms with E-state index in [1.807, 2.05) is 31.2 Å². The molecule has 0 saturated carbocycles. The first-order chi connectivity index (χ1) is 9.61. The normalized spacial score (nSPS) is 10.0. The molecule has 1 aromatic carbocycles. The van der Waals surface area contributed by atoms with Crippen LogP contribution in [0, 0.1) is 13.8 Å². The number of hydrogen-bond donors (Lipinski definition) is 2. The van der Waals surface area contributed by atoms with Crippen LogP contribution in [0.5, 0.6) is 0 Å². The van der Waals surface area contributed by atoms with Gasteiger partial charge in [-0.3, -0.25) is 4.79 Å². The largest absolute Gasteiger partial charge is 0.466 e. The van der Waals surface area contributed by atoms with Gasteiger partial charge in [0.1, 0.15) is 11.5 Å². The molecule has 0 radical (unpaired) electrons. The highest BCUT2D eigenvalue weighted by Gasteiger charge is 2.14. The number of benzene rings is 1. The van der Waals surface area contributed by atoms with Crippen LogP contribution in [0.4, 0.5) is 5.69 Å². The zero-order valence-electron chi connectivity index (χ0n) is 12.5. The van der Waals surface area contributed by atoms with Gasteiger partial charge >= 0.3 is 0 Å². The van der Waals surface area contributed by atoms with Crippen LogP contribution in [0.1, 0.15) is 34.4 Å². The summed E-state index contributed by atoms with van der Waals surface area (Å²) in [6.07, 6.45) is 0. The SMILES string of the molecule is CCNCc1ccccc1NC(=O)c1cc(C)oc1C.Cl. The van der Waals surface area contributed by atoms with Crippen molar-refractivity contribution < 1.29 is 9.21 Å². The molecule has 1 aromatic heterocycles. The van der Waals surface area contributed by atoms with Crippen molar-refractivity contribution in [3.63, 3.8) is 0 Å². The molecular weight excluding hydrogens is 288 g/mol. The number of rotatable bonds is 5. The molecule has 2 aromatic rings. The summed E-state index contributed by atoms with van der Waals surface area (Å²) in [5, 5.41) is 6.21. The summed E-state index contributed by atoms with van der Waals surface area (Å²) >= 11 is 0. The summed E-state index contributed by atoms with van der Waals surface area (Å²) in [5.41, 5.74) is 2.48. The molecular formula is C16H21ClN2O2. The molecule has 2 N–H and O–H groups in total. The molecule has 0 aliphatic rings. The highest BCUT2D eigenvalue weighted by atomic mass is 35.5. The summed E-state index contributed by atoms with van der Waals surface area (Å²) in [5.74, 6) is 1.25. The maximum Gasteiger partial charge on any atom is 0.259 e. The minimum atomic E-state index is -0.136. The van der Waals surface area contributed by atoms with E-state index in [-0.39, 0.29) is 18.3 Å². The Bertz CT molecular complexity index is 608. The van der Waals surface area contributed by atoms with Gasteiger partial charge in [0.15, 0.2) is 0 Å². The van der Waals surface area contributed by atoms with Gasteiger partial charge in [0.05, 0.1) is 5.56 Å². The summed E-state index contributed by atoms with van der Waals surface area (Å²) in [6, 6.07) is 9.56. The lowest BCUT2D eigenvalue weighted by Gasteiger charge is -2.11. The van der Waals surface area contributed by atoms with Crippen molar-refractivity contribution in [1.29, 1.82) is 0 Å². The molecule has 2 rings (SSSR count). The lowest BCUT2D eigenvalue weighted by Crippen LogP contribution is -2.17. The van der Waals surface area contributed by atoms with Crippen LogP contribution in [0.25, 0.3) is 0 Å². The van der Waals surface area contributed by atoms with E-state index in [0.717, 1.165) is 30.1 Å². The fourth-order valence-corrected chi connectivity index (χ4v) is 2.10. The number of para-hydroxylation sites is 1. The lowest BCUT2D eigenvalue weighted by atomic mass is 10.1. The summed E-state index contributed by atoms with van der Waals surface area (Å²) in [7, 11) is 0. The minimum absolute atomic E-state index is 0. The maximum atomic E-state index is 12.3. The molecule has 0 atom stereocenters.